The van der Waals surface area contributed by atoms with Gasteiger partial charge >= 0.3 is 0 Å². The van der Waals surface area contributed by atoms with Crippen molar-refractivity contribution in [2.45, 2.75) is 19.4 Å². The van der Waals surface area contributed by atoms with E-state index in [2.05, 4.69) is 34.5 Å². The van der Waals surface area contributed by atoms with Crippen LogP contribution in [0.2, 0.25) is 0 Å². The molecule has 5 rings (SSSR count). The van der Waals surface area contributed by atoms with Crippen LogP contribution < -0.4 is 15.5 Å². The molecule has 4 heterocycles. The molecule has 2 aromatic heterocycles. The minimum atomic E-state index is -0.190. The lowest BCUT2D eigenvalue weighted by Crippen LogP contribution is -3.12. The largest absolute Gasteiger partial charge is 0.370 e. The van der Waals surface area contributed by atoms with E-state index in [0.717, 1.165) is 80.6 Å². The summed E-state index contributed by atoms with van der Waals surface area (Å²) < 4.78 is 5.50. The van der Waals surface area contributed by atoms with Crippen molar-refractivity contribution in [3.05, 3.63) is 41.5 Å². The summed E-state index contributed by atoms with van der Waals surface area (Å²) in [6.45, 7) is 5.94. The maximum Gasteiger partial charge on any atom is 0.220 e. The molecule has 1 amide bonds. The third kappa shape index (κ3) is 4.28. The molecule has 3 N–H and O–H groups in total. The van der Waals surface area contributed by atoms with Crippen molar-refractivity contribution in [1.82, 2.24) is 9.97 Å². The Morgan fingerprint density at radius 3 is 2.61 bits per heavy atom. The number of amides is 1. The highest BCUT2D eigenvalue weighted by molar-refractivity contribution is 7.17. The number of thiophene rings is 1. The number of fused-ring (bicyclic) bond motifs is 1. The number of nitrogens with zero attached hydrogens (tertiary/aromatic N) is 3. The van der Waals surface area contributed by atoms with Gasteiger partial charge in [0.25, 0.3) is 0 Å². The molecule has 1 aromatic carbocycles. The Bertz CT molecular complexity index is 1060. The summed E-state index contributed by atoms with van der Waals surface area (Å²) in [6.07, 6.45) is 1.55. The van der Waals surface area contributed by atoms with Crippen LogP contribution in [-0.2, 0) is 16.1 Å². The number of primary amides is 1. The van der Waals surface area contributed by atoms with E-state index in [1.165, 1.54) is 16.0 Å². The van der Waals surface area contributed by atoms with Crippen LogP contribution in [0.3, 0.4) is 0 Å². The number of carbonyl (C=O) groups is 1. The zero-order valence-electron chi connectivity index (χ0n) is 17.5. The molecule has 0 spiro atoms. The molecule has 0 atom stereocenters. The highest BCUT2D eigenvalue weighted by atomic mass is 32.1. The van der Waals surface area contributed by atoms with E-state index in [4.69, 9.17) is 20.4 Å². The predicted molar refractivity (Wildman–Crippen MR) is 122 cm³/mol. The maximum absolute atomic E-state index is 11.6. The highest BCUT2D eigenvalue weighted by Gasteiger charge is 2.27. The SMILES string of the molecule is NC(=O)C1CCN(c2nc(C[NH+]3CCOCC3)nc3scc(-c4ccccc4)c23)CC1. The van der Waals surface area contributed by atoms with Gasteiger partial charge in [0.1, 0.15) is 30.3 Å². The van der Waals surface area contributed by atoms with E-state index in [9.17, 15) is 4.79 Å². The minimum Gasteiger partial charge on any atom is -0.370 e. The normalized spacial score (nSPS) is 18.5. The van der Waals surface area contributed by atoms with Gasteiger partial charge in [-0.05, 0) is 18.4 Å². The summed E-state index contributed by atoms with van der Waals surface area (Å²) in [5, 5.41) is 3.31. The van der Waals surface area contributed by atoms with Gasteiger partial charge in [0.05, 0.1) is 18.6 Å². The summed E-state index contributed by atoms with van der Waals surface area (Å²) in [4.78, 5) is 26.5. The monoisotopic (exact) mass is 438 g/mol. The number of aromatic nitrogens is 2. The Kier molecular flexibility index (Phi) is 5.85. The van der Waals surface area contributed by atoms with Crippen LogP contribution in [0.5, 0.6) is 0 Å². The van der Waals surface area contributed by atoms with Gasteiger partial charge in [0.2, 0.25) is 5.91 Å². The second kappa shape index (κ2) is 8.90. The second-order valence-corrected chi connectivity index (χ2v) is 9.22. The first-order valence-corrected chi connectivity index (χ1v) is 11.9. The van der Waals surface area contributed by atoms with Crippen LogP contribution in [0.1, 0.15) is 18.7 Å². The number of anilines is 1. The van der Waals surface area contributed by atoms with Crippen molar-refractivity contribution in [2.24, 2.45) is 11.7 Å². The summed E-state index contributed by atoms with van der Waals surface area (Å²) in [5.74, 6) is 1.65. The molecular formula is C23H28N5O2S+. The van der Waals surface area contributed by atoms with Crippen molar-refractivity contribution >= 4 is 33.3 Å². The van der Waals surface area contributed by atoms with E-state index in [0.29, 0.717) is 0 Å². The molecule has 0 radical (unpaired) electrons. The fourth-order valence-corrected chi connectivity index (χ4v) is 5.50. The zero-order chi connectivity index (χ0) is 21.2. The zero-order valence-corrected chi connectivity index (χ0v) is 18.4. The first-order chi connectivity index (χ1) is 15.2. The molecule has 0 bridgehead atoms. The number of morpholine rings is 1. The van der Waals surface area contributed by atoms with Crippen LogP contribution >= 0.6 is 11.3 Å². The van der Waals surface area contributed by atoms with Crippen molar-refractivity contribution < 1.29 is 14.4 Å². The lowest BCUT2D eigenvalue weighted by Gasteiger charge is -2.32. The van der Waals surface area contributed by atoms with Gasteiger partial charge < -0.3 is 20.3 Å². The van der Waals surface area contributed by atoms with Crippen LogP contribution in [0, 0.1) is 5.92 Å². The molecule has 2 fully saturated rings. The number of nitrogens with one attached hydrogen (secondary N) is 1. The fraction of sp³-hybridized carbons (Fsp3) is 0.435. The molecule has 2 saturated heterocycles. The van der Waals surface area contributed by atoms with Crippen LogP contribution in [0.4, 0.5) is 5.82 Å². The second-order valence-electron chi connectivity index (χ2n) is 8.36. The molecule has 0 aliphatic carbocycles. The number of piperidine rings is 1. The molecule has 2 aliphatic heterocycles. The first-order valence-electron chi connectivity index (χ1n) is 11.0. The lowest BCUT2D eigenvalue weighted by molar-refractivity contribution is -0.922. The smallest absolute Gasteiger partial charge is 0.220 e. The molecule has 8 heteroatoms. The number of nitrogens with two attached hydrogens (primary N) is 1. The highest BCUT2D eigenvalue weighted by Crippen LogP contribution is 2.39. The molecule has 0 saturated carbocycles. The molecule has 7 nitrogen and oxygen atoms in total. The van der Waals surface area contributed by atoms with E-state index in [-0.39, 0.29) is 11.8 Å². The van der Waals surface area contributed by atoms with Gasteiger partial charge in [-0.2, -0.15) is 0 Å². The molecule has 162 valence electrons. The Hall–Kier alpha value is -2.55. The summed E-state index contributed by atoms with van der Waals surface area (Å²) in [6, 6.07) is 10.4. The summed E-state index contributed by atoms with van der Waals surface area (Å²) in [5.41, 5.74) is 7.92. The third-order valence-corrected chi connectivity index (χ3v) is 7.22. The minimum absolute atomic E-state index is 0.0399. The van der Waals surface area contributed by atoms with E-state index in [1.807, 2.05) is 6.07 Å². The molecular weight excluding hydrogens is 410 g/mol. The van der Waals surface area contributed by atoms with Crippen LogP contribution in [-0.4, -0.2) is 55.3 Å². The Balaban J connectivity index is 1.54. The third-order valence-electron chi connectivity index (χ3n) is 6.35. The van der Waals surface area contributed by atoms with E-state index < -0.39 is 0 Å². The summed E-state index contributed by atoms with van der Waals surface area (Å²) >= 11 is 1.68. The summed E-state index contributed by atoms with van der Waals surface area (Å²) in [7, 11) is 0. The van der Waals surface area contributed by atoms with Crippen molar-refractivity contribution in [2.75, 3.05) is 44.3 Å². The van der Waals surface area contributed by atoms with Crippen molar-refractivity contribution in [3.8, 4) is 11.1 Å². The lowest BCUT2D eigenvalue weighted by atomic mass is 9.96. The van der Waals surface area contributed by atoms with Crippen LogP contribution in [0.25, 0.3) is 21.3 Å². The van der Waals surface area contributed by atoms with Gasteiger partial charge in [-0.1, -0.05) is 30.3 Å². The van der Waals surface area contributed by atoms with Crippen molar-refractivity contribution in [1.29, 1.82) is 0 Å². The number of carbonyl (C=O) groups excluding carboxylic acids is 1. The number of rotatable bonds is 5. The van der Waals surface area contributed by atoms with Gasteiger partial charge in [-0.15, -0.1) is 11.3 Å². The Labute approximate surface area is 185 Å². The quantitative estimate of drug-likeness (QED) is 0.630. The number of quaternary nitrogens is 1. The topological polar surface area (TPSA) is 85.8 Å². The van der Waals surface area contributed by atoms with Crippen LogP contribution in [0.15, 0.2) is 35.7 Å². The average Bonchev–Trinajstić information content (AvgIpc) is 3.24. The average molecular weight is 439 g/mol. The molecule has 3 aromatic rings. The maximum atomic E-state index is 11.6. The number of ether oxygens (including phenoxy) is 1. The first kappa shape index (κ1) is 20.4. The Morgan fingerprint density at radius 2 is 1.90 bits per heavy atom. The predicted octanol–water partition coefficient (Wildman–Crippen LogP) is 1.48. The molecule has 0 unspecified atom stereocenters. The van der Waals surface area contributed by atoms with E-state index >= 15 is 0 Å². The van der Waals surface area contributed by atoms with Gasteiger partial charge in [0, 0.05) is 30.0 Å². The number of hydrogen-bond acceptors (Lipinski definition) is 6. The number of benzene rings is 1. The Morgan fingerprint density at radius 1 is 1.16 bits per heavy atom. The molecule has 31 heavy (non-hydrogen) atoms. The molecule has 2 aliphatic rings. The van der Waals surface area contributed by atoms with Gasteiger partial charge in [0.15, 0.2) is 5.82 Å². The number of hydrogen-bond donors (Lipinski definition) is 2. The standard InChI is InChI=1S/C23H27N5O2S/c24-21(29)17-6-8-28(9-7-17)22-20-18(16-4-2-1-3-5-16)15-31-23(20)26-19(25-22)14-27-10-12-30-13-11-27/h1-5,15,17H,6-14H2,(H2,24,29)/p+1. The van der Waals surface area contributed by atoms with Crippen molar-refractivity contribution in [3.63, 3.8) is 0 Å². The van der Waals surface area contributed by atoms with E-state index in [1.54, 1.807) is 11.3 Å². The van der Waals surface area contributed by atoms with Gasteiger partial charge in [-0.3, -0.25) is 4.79 Å². The fourth-order valence-electron chi connectivity index (χ4n) is 4.54. The van der Waals surface area contributed by atoms with Gasteiger partial charge in [-0.25, -0.2) is 9.97 Å².